The third-order valence-electron chi connectivity index (χ3n) is 5.17. The standard InChI is InChI=1S/C24H28N6O2/c1-3-18-5-4-6-21(15-18)29-24(31)28-20-9-7-19(8-10-20)27-22-16-23(26-17(2)25-22)30-11-13-32-14-12-30/h4-10,15-16H,3,11-14H2,1-2H3,(H,25,26,27)(H2,28,29,31). The van der Waals surface area contributed by atoms with Crippen molar-refractivity contribution in [1.29, 1.82) is 0 Å². The largest absolute Gasteiger partial charge is 0.378 e. The van der Waals surface area contributed by atoms with Crippen LogP contribution in [0.5, 0.6) is 0 Å². The van der Waals surface area contributed by atoms with E-state index in [1.807, 2.05) is 61.5 Å². The summed E-state index contributed by atoms with van der Waals surface area (Å²) in [6, 6.07) is 17.0. The van der Waals surface area contributed by atoms with Crippen LogP contribution in [-0.4, -0.2) is 42.3 Å². The van der Waals surface area contributed by atoms with Gasteiger partial charge in [0.15, 0.2) is 0 Å². The molecule has 2 aromatic carbocycles. The summed E-state index contributed by atoms with van der Waals surface area (Å²) in [5, 5.41) is 9.05. The molecule has 8 nitrogen and oxygen atoms in total. The number of anilines is 5. The van der Waals surface area contributed by atoms with Crippen molar-refractivity contribution in [2.24, 2.45) is 0 Å². The molecular weight excluding hydrogens is 404 g/mol. The molecule has 0 atom stereocenters. The van der Waals surface area contributed by atoms with Crippen molar-refractivity contribution >= 4 is 34.7 Å². The van der Waals surface area contributed by atoms with Gasteiger partial charge in [-0.15, -0.1) is 0 Å². The number of nitrogens with zero attached hydrogens (tertiary/aromatic N) is 3. The summed E-state index contributed by atoms with van der Waals surface area (Å²) in [6.07, 6.45) is 0.922. The molecule has 1 aromatic heterocycles. The van der Waals surface area contributed by atoms with Crippen LogP contribution in [0.1, 0.15) is 18.3 Å². The lowest BCUT2D eigenvalue weighted by Gasteiger charge is -2.28. The smallest absolute Gasteiger partial charge is 0.323 e. The molecule has 3 N–H and O–H groups in total. The summed E-state index contributed by atoms with van der Waals surface area (Å²) in [6.45, 7) is 7.02. The van der Waals surface area contributed by atoms with Crippen LogP contribution in [-0.2, 0) is 11.2 Å². The van der Waals surface area contributed by atoms with Crippen LogP contribution < -0.4 is 20.9 Å². The van der Waals surface area contributed by atoms with Crippen LogP contribution in [0.25, 0.3) is 0 Å². The molecule has 1 aliphatic rings. The molecule has 0 radical (unpaired) electrons. The van der Waals surface area contributed by atoms with Crippen LogP contribution in [0.4, 0.5) is 33.5 Å². The van der Waals surface area contributed by atoms with Gasteiger partial charge in [-0.1, -0.05) is 19.1 Å². The van der Waals surface area contributed by atoms with Crippen molar-refractivity contribution in [2.75, 3.05) is 47.2 Å². The Kier molecular flexibility index (Phi) is 6.81. The molecule has 4 rings (SSSR count). The Hall–Kier alpha value is -3.65. The highest BCUT2D eigenvalue weighted by Gasteiger charge is 2.14. The monoisotopic (exact) mass is 432 g/mol. The molecule has 32 heavy (non-hydrogen) atoms. The topological polar surface area (TPSA) is 91.4 Å². The predicted molar refractivity (Wildman–Crippen MR) is 128 cm³/mol. The molecule has 1 fully saturated rings. The summed E-state index contributed by atoms with van der Waals surface area (Å²) in [5.74, 6) is 2.33. The number of rotatable bonds is 6. The normalized spacial score (nSPS) is 13.5. The Morgan fingerprint density at radius 3 is 2.44 bits per heavy atom. The molecule has 0 aliphatic carbocycles. The zero-order valence-electron chi connectivity index (χ0n) is 18.4. The molecule has 0 bridgehead atoms. The number of ether oxygens (including phenoxy) is 1. The Morgan fingerprint density at radius 1 is 0.969 bits per heavy atom. The number of benzene rings is 2. The van der Waals surface area contributed by atoms with E-state index in [0.717, 1.165) is 42.5 Å². The minimum atomic E-state index is -0.277. The number of carbonyl (C=O) groups is 1. The highest BCUT2D eigenvalue weighted by molar-refractivity contribution is 5.99. The van der Waals surface area contributed by atoms with Crippen LogP contribution in [0.15, 0.2) is 54.6 Å². The first-order chi connectivity index (χ1) is 15.6. The molecule has 0 unspecified atom stereocenters. The maximum absolute atomic E-state index is 12.3. The van der Waals surface area contributed by atoms with E-state index in [4.69, 9.17) is 4.74 Å². The zero-order valence-corrected chi connectivity index (χ0v) is 18.4. The van der Waals surface area contributed by atoms with E-state index in [-0.39, 0.29) is 6.03 Å². The van der Waals surface area contributed by atoms with Gasteiger partial charge in [0.25, 0.3) is 0 Å². The van der Waals surface area contributed by atoms with Gasteiger partial charge in [0.05, 0.1) is 13.2 Å². The van der Waals surface area contributed by atoms with Gasteiger partial charge in [0.1, 0.15) is 17.5 Å². The van der Waals surface area contributed by atoms with Gasteiger partial charge in [-0.3, -0.25) is 0 Å². The summed E-state index contributed by atoms with van der Waals surface area (Å²) < 4.78 is 5.42. The number of aromatic nitrogens is 2. The average molecular weight is 433 g/mol. The maximum Gasteiger partial charge on any atom is 0.323 e. The van der Waals surface area contributed by atoms with Crippen molar-refractivity contribution in [3.8, 4) is 0 Å². The first kappa shape index (κ1) is 21.6. The Bertz CT molecular complexity index is 1060. The van der Waals surface area contributed by atoms with Crippen molar-refractivity contribution in [3.63, 3.8) is 0 Å². The molecule has 8 heteroatoms. The van der Waals surface area contributed by atoms with Crippen LogP contribution >= 0.6 is 0 Å². The van der Waals surface area contributed by atoms with Gasteiger partial charge in [-0.25, -0.2) is 14.8 Å². The summed E-state index contributed by atoms with van der Waals surface area (Å²) in [7, 11) is 0. The third kappa shape index (κ3) is 5.73. The number of morpholine rings is 1. The molecule has 2 heterocycles. The number of carbonyl (C=O) groups excluding carboxylic acids is 1. The Morgan fingerprint density at radius 2 is 1.69 bits per heavy atom. The maximum atomic E-state index is 12.3. The van der Waals surface area contributed by atoms with Gasteiger partial charge in [0, 0.05) is 36.2 Å². The lowest BCUT2D eigenvalue weighted by Crippen LogP contribution is -2.36. The molecule has 0 spiro atoms. The number of hydrogen-bond donors (Lipinski definition) is 3. The predicted octanol–water partition coefficient (Wildman–Crippen LogP) is 4.57. The second-order valence-electron chi connectivity index (χ2n) is 7.59. The number of nitrogens with one attached hydrogen (secondary N) is 3. The van der Waals surface area contributed by atoms with Crippen LogP contribution in [0.3, 0.4) is 0 Å². The van der Waals surface area contributed by atoms with Gasteiger partial charge >= 0.3 is 6.03 Å². The average Bonchev–Trinajstić information content (AvgIpc) is 2.80. The van der Waals surface area contributed by atoms with Gasteiger partial charge in [-0.05, 0) is 55.3 Å². The highest BCUT2D eigenvalue weighted by Crippen LogP contribution is 2.22. The number of urea groups is 1. The SMILES string of the molecule is CCc1cccc(NC(=O)Nc2ccc(Nc3cc(N4CCOCC4)nc(C)n3)cc2)c1. The first-order valence-electron chi connectivity index (χ1n) is 10.8. The van der Waals surface area contributed by atoms with Crippen LogP contribution in [0.2, 0.25) is 0 Å². The Balaban J connectivity index is 1.37. The molecule has 166 valence electrons. The molecule has 1 saturated heterocycles. The molecule has 1 aliphatic heterocycles. The summed E-state index contributed by atoms with van der Waals surface area (Å²) >= 11 is 0. The third-order valence-corrected chi connectivity index (χ3v) is 5.17. The lowest BCUT2D eigenvalue weighted by molar-refractivity contribution is 0.122. The molecule has 2 amide bonds. The van der Waals surface area contributed by atoms with Crippen molar-refractivity contribution in [1.82, 2.24) is 9.97 Å². The van der Waals surface area contributed by atoms with Crippen molar-refractivity contribution in [2.45, 2.75) is 20.3 Å². The van der Waals surface area contributed by atoms with E-state index >= 15 is 0 Å². The molecule has 0 saturated carbocycles. The lowest BCUT2D eigenvalue weighted by atomic mass is 10.1. The van der Waals surface area contributed by atoms with Gasteiger partial charge in [-0.2, -0.15) is 0 Å². The van der Waals surface area contributed by atoms with Crippen molar-refractivity contribution in [3.05, 3.63) is 66.0 Å². The molecular formula is C24H28N6O2. The van der Waals surface area contributed by atoms with Crippen LogP contribution in [0, 0.1) is 6.92 Å². The van der Waals surface area contributed by atoms with E-state index in [2.05, 4.69) is 37.7 Å². The fourth-order valence-electron chi connectivity index (χ4n) is 3.52. The van der Waals surface area contributed by atoms with E-state index in [0.29, 0.717) is 24.7 Å². The van der Waals surface area contributed by atoms with Gasteiger partial charge in [0.2, 0.25) is 0 Å². The van der Waals surface area contributed by atoms with E-state index in [1.165, 1.54) is 5.56 Å². The second-order valence-corrected chi connectivity index (χ2v) is 7.59. The minimum Gasteiger partial charge on any atom is -0.378 e. The highest BCUT2D eigenvalue weighted by atomic mass is 16.5. The number of aryl methyl sites for hydroxylation is 2. The summed E-state index contributed by atoms with van der Waals surface area (Å²) in [4.78, 5) is 23.6. The first-order valence-corrected chi connectivity index (χ1v) is 10.8. The van der Waals surface area contributed by atoms with E-state index in [1.54, 1.807) is 0 Å². The fraction of sp³-hybridized carbons (Fsp3) is 0.292. The number of hydrogen-bond acceptors (Lipinski definition) is 6. The zero-order chi connectivity index (χ0) is 22.3. The number of amides is 2. The second kappa shape index (κ2) is 10.1. The molecule has 3 aromatic rings. The Labute approximate surface area is 188 Å². The fourth-order valence-corrected chi connectivity index (χ4v) is 3.52. The van der Waals surface area contributed by atoms with Crippen molar-refractivity contribution < 1.29 is 9.53 Å². The van der Waals surface area contributed by atoms with E-state index < -0.39 is 0 Å². The van der Waals surface area contributed by atoms with Gasteiger partial charge < -0.3 is 25.6 Å². The summed E-state index contributed by atoms with van der Waals surface area (Å²) in [5.41, 5.74) is 3.52. The quantitative estimate of drug-likeness (QED) is 0.528. The minimum absolute atomic E-state index is 0.277. The van der Waals surface area contributed by atoms with E-state index in [9.17, 15) is 4.79 Å².